The van der Waals surface area contributed by atoms with Crippen LogP contribution in [0.4, 0.5) is 18.9 Å². The molecule has 0 aliphatic rings. The maximum atomic E-state index is 12.9. The molecule has 1 N–H and O–H groups in total. The summed E-state index contributed by atoms with van der Waals surface area (Å²) in [6, 6.07) is 6.12. The lowest BCUT2D eigenvalue weighted by molar-refractivity contribution is -0.137. The summed E-state index contributed by atoms with van der Waals surface area (Å²) in [6.45, 7) is 3.31. The fourth-order valence-electron chi connectivity index (χ4n) is 2.07. The van der Waals surface area contributed by atoms with Crippen molar-refractivity contribution in [3.8, 4) is 5.75 Å². The van der Waals surface area contributed by atoms with E-state index in [0.29, 0.717) is 11.3 Å². The molecule has 9 heteroatoms. The third-order valence-electron chi connectivity index (χ3n) is 3.32. The standard InChI is InChI=1S/C18H18F3NO4S/c1-3-8-25-14-6-5-12(18(19,20)21)9-13(14)22-16(23)10-26-17(24)15-7-4-11(2)27-15/h4-7,9H,3,8,10H2,1-2H3,(H,22,23). The van der Waals surface area contributed by atoms with Crippen molar-refractivity contribution in [2.45, 2.75) is 26.4 Å². The van der Waals surface area contributed by atoms with Crippen LogP contribution in [0.2, 0.25) is 0 Å². The number of hydrogen-bond acceptors (Lipinski definition) is 5. The van der Waals surface area contributed by atoms with Gasteiger partial charge in [-0.15, -0.1) is 11.3 Å². The molecular weight excluding hydrogens is 383 g/mol. The number of aryl methyl sites for hydroxylation is 1. The molecule has 1 aromatic heterocycles. The highest BCUT2D eigenvalue weighted by atomic mass is 32.1. The molecule has 0 bridgehead atoms. The number of halogens is 3. The maximum absolute atomic E-state index is 12.9. The maximum Gasteiger partial charge on any atom is 0.416 e. The Morgan fingerprint density at radius 2 is 1.93 bits per heavy atom. The number of anilines is 1. The van der Waals surface area contributed by atoms with Crippen molar-refractivity contribution < 1.29 is 32.2 Å². The lowest BCUT2D eigenvalue weighted by Gasteiger charge is -2.15. The third-order valence-corrected chi connectivity index (χ3v) is 4.30. The summed E-state index contributed by atoms with van der Waals surface area (Å²) in [6.07, 6.45) is -3.92. The van der Waals surface area contributed by atoms with Crippen molar-refractivity contribution >= 4 is 28.9 Å². The minimum Gasteiger partial charge on any atom is -0.491 e. The van der Waals surface area contributed by atoms with Crippen LogP contribution in [0.25, 0.3) is 0 Å². The molecule has 146 valence electrons. The van der Waals surface area contributed by atoms with E-state index < -0.39 is 30.2 Å². The number of benzene rings is 1. The number of carbonyl (C=O) groups excluding carboxylic acids is 2. The number of nitrogens with one attached hydrogen (secondary N) is 1. The van der Waals surface area contributed by atoms with Gasteiger partial charge >= 0.3 is 12.1 Å². The van der Waals surface area contributed by atoms with E-state index in [0.717, 1.165) is 23.1 Å². The Morgan fingerprint density at radius 1 is 1.19 bits per heavy atom. The van der Waals surface area contributed by atoms with Gasteiger partial charge in [0.25, 0.3) is 5.91 Å². The van der Waals surface area contributed by atoms with Gasteiger partial charge in [-0.2, -0.15) is 13.2 Å². The first kappa shape index (κ1) is 20.8. The Kier molecular flexibility index (Phi) is 6.84. The molecule has 0 atom stereocenters. The van der Waals surface area contributed by atoms with Gasteiger partial charge in [0.2, 0.25) is 0 Å². The first-order valence-corrected chi connectivity index (χ1v) is 8.89. The van der Waals surface area contributed by atoms with Crippen LogP contribution in [0.5, 0.6) is 5.75 Å². The summed E-state index contributed by atoms with van der Waals surface area (Å²) in [4.78, 5) is 25.1. The van der Waals surface area contributed by atoms with E-state index >= 15 is 0 Å². The molecule has 0 radical (unpaired) electrons. The molecule has 27 heavy (non-hydrogen) atoms. The van der Waals surface area contributed by atoms with E-state index in [9.17, 15) is 22.8 Å². The number of amides is 1. The average Bonchev–Trinajstić information content (AvgIpc) is 3.04. The van der Waals surface area contributed by atoms with Crippen LogP contribution in [-0.2, 0) is 15.7 Å². The van der Waals surface area contributed by atoms with Gasteiger partial charge in [-0.3, -0.25) is 4.79 Å². The van der Waals surface area contributed by atoms with Crippen LogP contribution in [0.15, 0.2) is 30.3 Å². The second-order valence-corrected chi connectivity index (χ2v) is 6.88. The van der Waals surface area contributed by atoms with Crippen LogP contribution in [0, 0.1) is 6.92 Å². The number of rotatable bonds is 7. The summed E-state index contributed by atoms with van der Waals surface area (Å²) >= 11 is 1.22. The molecule has 1 heterocycles. The van der Waals surface area contributed by atoms with Crippen molar-refractivity contribution in [2.24, 2.45) is 0 Å². The average molecular weight is 401 g/mol. The van der Waals surface area contributed by atoms with Crippen molar-refractivity contribution in [1.82, 2.24) is 0 Å². The quantitative estimate of drug-likeness (QED) is 0.686. The van der Waals surface area contributed by atoms with Gasteiger partial charge in [0, 0.05) is 4.88 Å². The van der Waals surface area contributed by atoms with Gasteiger partial charge in [0.15, 0.2) is 6.61 Å². The first-order valence-electron chi connectivity index (χ1n) is 8.08. The summed E-state index contributed by atoms with van der Waals surface area (Å²) in [5.41, 5.74) is -1.06. The highest BCUT2D eigenvalue weighted by Gasteiger charge is 2.31. The number of thiophene rings is 1. The zero-order valence-corrected chi connectivity index (χ0v) is 15.5. The van der Waals surface area contributed by atoms with Crippen LogP contribution in [0.1, 0.15) is 33.5 Å². The predicted molar refractivity (Wildman–Crippen MR) is 95.2 cm³/mol. The minimum absolute atomic E-state index is 0.110. The van der Waals surface area contributed by atoms with Crippen LogP contribution in [-0.4, -0.2) is 25.1 Å². The van der Waals surface area contributed by atoms with E-state index in [4.69, 9.17) is 9.47 Å². The topological polar surface area (TPSA) is 64.6 Å². The summed E-state index contributed by atoms with van der Waals surface area (Å²) in [5.74, 6) is -1.33. The summed E-state index contributed by atoms with van der Waals surface area (Å²) in [7, 11) is 0. The second-order valence-electron chi connectivity index (χ2n) is 5.59. The molecule has 0 unspecified atom stereocenters. The highest BCUT2D eigenvalue weighted by molar-refractivity contribution is 7.13. The zero-order valence-electron chi connectivity index (χ0n) is 14.7. The smallest absolute Gasteiger partial charge is 0.416 e. The van der Waals surface area contributed by atoms with Gasteiger partial charge in [0.05, 0.1) is 17.9 Å². The largest absolute Gasteiger partial charge is 0.491 e. The Balaban J connectivity index is 2.06. The van der Waals surface area contributed by atoms with Crippen molar-refractivity contribution in [2.75, 3.05) is 18.5 Å². The highest BCUT2D eigenvalue weighted by Crippen LogP contribution is 2.35. The van der Waals surface area contributed by atoms with E-state index in [2.05, 4.69) is 5.32 Å². The van der Waals surface area contributed by atoms with Gasteiger partial charge < -0.3 is 14.8 Å². The van der Waals surface area contributed by atoms with Crippen LogP contribution in [0.3, 0.4) is 0 Å². The van der Waals surface area contributed by atoms with Gasteiger partial charge in [-0.1, -0.05) is 6.92 Å². The third kappa shape index (κ3) is 5.99. The molecule has 0 aliphatic carbocycles. The van der Waals surface area contributed by atoms with Gasteiger partial charge in [-0.05, 0) is 43.7 Å². The molecule has 1 aromatic carbocycles. The normalized spacial score (nSPS) is 11.1. The molecule has 0 fully saturated rings. The number of ether oxygens (including phenoxy) is 2. The number of carbonyl (C=O) groups is 2. The molecule has 0 spiro atoms. The lowest BCUT2D eigenvalue weighted by atomic mass is 10.1. The van der Waals surface area contributed by atoms with E-state index in [1.165, 1.54) is 11.3 Å². The summed E-state index contributed by atoms with van der Waals surface area (Å²) < 4.78 is 49.0. The van der Waals surface area contributed by atoms with E-state index in [1.54, 1.807) is 12.1 Å². The first-order chi connectivity index (χ1) is 12.7. The SMILES string of the molecule is CCCOc1ccc(C(F)(F)F)cc1NC(=O)COC(=O)c1ccc(C)s1. The fourth-order valence-corrected chi connectivity index (χ4v) is 2.84. The Labute approximate surface area is 158 Å². The molecule has 0 aliphatic heterocycles. The number of esters is 1. The van der Waals surface area contributed by atoms with Gasteiger partial charge in [-0.25, -0.2) is 4.79 Å². The monoisotopic (exact) mass is 401 g/mol. The van der Waals surface area contributed by atoms with Crippen molar-refractivity contribution in [3.63, 3.8) is 0 Å². The molecule has 5 nitrogen and oxygen atoms in total. The molecular formula is C18H18F3NO4S. The molecule has 2 rings (SSSR count). The number of alkyl halides is 3. The molecule has 0 saturated heterocycles. The Bertz CT molecular complexity index is 817. The van der Waals surface area contributed by atoms with Crippen molar-refractivity contribution in [1.29, 1.82) is 0 Å². The molecule has 1 amide bonds. The van der Waals surface area contributed by atoms with Crippen LogP contribution < -0.4 is 10.1 Å². The van der Waals surface area contributed by atoms with E-state index in [1.807, 2.05) is 13.8 Å². The number of hydrogen-bond donors (Lipinski definition) is 1. The second kappa shape index (κ2) is 8.90. The zero-order chi connectivity index (χ0) is 20.0. The van der Waals surface area contributed by atoms with Gasteiger partial charge in [0.1, 0.15) is 10.6 Å². The van der Waals surface area contributed by atoms with Crippen LogP contribution >= 0.6 is 11.3 Å². The molecule has 2 aromatic rings. The lowest BCUT2D eigenvalue weighted by Crippen LogP contribution is -2.21. The molecule has 0 saturated carbocycles. The Morgan fingerprint density at radius 3 is 2.52 bits per heavy atom. The summed E-state index contributed by atoms with van der Waals surface area (Å²) in [5, 5.41) is 2.31. The van der Waals surface area contributed by atoms with E-state index in [-0.39, 0.29) is 18.0 Å². The Hall–Kier alpha value is -2.55. The van der Waals surface area contributed by atoms with Crippen molar-refractivity contribution in [3.05, 3.63) is 45.6 Å². The predicted octanol–water partition coefficient (Wildman–Crippen LogP) is 4.66. The minimum atomic E-state index is -4.56. The fraction of sp³-hybridized carbons (Fsp3) is 0.333.